The minimum atomic E-state index is -3.72. The van der Waals surface area contributed by atoms with E-state index in [9.17, 15) is 13.2 Å². The third-order valence-corrected chi connectivity index (χ3v) is 3.87. The molecule has 18 heavy (non-hydrogen) atoms. The lowest BCUT2D eigenvalue weighted by molar-refractivity contribution is -0.136. The Balaban J connectivity index is 2.36. The Morgan fingerprint density at radius 2 is 2.17 bits per heavy atom. The van der Waals surface area contributed by atoms with E-state index in [4.69, 9.17) is 5.11 Å². The van der Waals surface area contributed by atoms with Crippen LogP contribution in [-0.2, 0) is 14.8 Å². The predicted octanol–water partition coefficient (Wildman–Crippen LogP) is 1.37. The first kappa shape index (κ1) is 12.6. The van der Waals surface area contributed by atoms with Crippen molar-refractivity contribution in [3.05, 3.63) is 23.8 Å². The van der Waals surface area contributed by atoms with Crippen LogP contribution in [0.25, 0.3) is 0 Å². The summed E-state index contributed by atoms with van der Waals surface area (Å²) in [5.41, 5.74) is 1.36. The van der Waals surface area contributed by atoms with Gasteiger partial charge in [0, 0.05) is 6.42 Å². The van der Waals surface area contributed by atoms with E-state index >= 15 is 0 Å². The molecule has 0 amide bonds. The van der Waals surface area contributed by atoms with E-state index in [1.54, 1.807) is 12.1 Å². The van der Waals surface area contributed by atoms with Gasteiger partial charge in [-0.25, -0.2) is 0 Å². The van der Waals surface area contributed by atoms with Gasteiger partial charge in [0.25, 0.3) is 10.0 Å². The second-order valence-corrected chi connectivity index (χ2v) is 5.60. The molecule has 0 unspecified atom stereocenters. The van der Waals surface area contributed by atoms with Gasteiger partial charge in [0.1, 0.15) is 10.7 Å². The summed E-state index contributed by atoms with van der Waals surface area (Å²) in [7, 11) is -3.72. The molecule has 7 heteroatoms. The highest BCUT2D eigenvalue weighted by atomic mass is 32.2. The number of benzene rings is 1. The number of carboxylic acids is 1. The van der Waals surface area contributed by atoms with Crippen LogP contribution in [0.2, 0.25) is 0 Å². The molecule has 0 radical (unpaired) electrons. The van der Waals surface area contributed by atoms with Gasteiger partial charge in [0.05, 0.1) is 12.1 Å². The molecule has 1 heterocycles. The quantitative estimate of drug-likeness (QED) is 0.863. The van der Waals surface area contributed by atoms with E-state index in [2.05, 4.69) is 9.71 Å². The summed E-state index contributed by atoms with van der Waals surface area (Å²) in [4.78, 5) is 10.6. The Hall–Kier alpha value is -1.89. The highest BCUT2D eigenvalue weighted by molar-refractivity contribution is 7.90. The maximum atomic E-state index is 11.9. The topological polar surface area (TPSA) is 95.8 Å². The molecular formula is C11H12N2O4S. The lowest BCUT2D eigenvalue weighted by atomic mass is 10.2. The Morgan fingerprint density at radius 1 is 1.44 bits per heavy atom. The lowest BCUT2D eigenvalue weighted by Gasteiger charge is -2.18. The fourth-order valence-corrected chi connectivity index (χ4v) is 2.83. The number of nitrogens with zero attached hydrogens (tertiary/aromatic N) is 1. The van der Waals surface area contributed by atoms with Crippen molar-refractivity contribution in [1.82, 2.24) is 0 Å². The average molecular weight is 268 g/mol. The number of carboxylic acid groups (broad SMARTS) is 1. The highest BCUT2D eigenvalue weighted by Gasteiger charge is 2.24. The molecule has 96 valence electrons. The van der Waals surface area contributed by atoms with Crippen LogP contribution < -0.4 is 5.32 Å². The van der Waals surface area contributed by atoms with Crippen LogP contribution in [0.5, 0.6) is 0 Å². The molecule has 0 fully saturated rings. The third-order valence-electron chi connectivity index (χ3n) is 2.50. The Kier molecular flexibility index (Phi) is 3.08. The van der Waals surface area contributed by atoms with Gasteiger partial charge in [0.2, 0.25) is 0 Å². The summed E-state index contributed by atoms with van der Waals surface area (Å²) in [6, 6.07) is 4.88. The van der Waals surface area contributed by atoms with Crippen molar-refractivity contribution in [2.45, 2.75) is 24.7 Å². The van der Waals surface area contributed by atoms with Gasteiger partial charge in [-0.1, -0.05) is 6.07 Å². The zero-order valence-corrected chi connectivity index (χ0v) is 10.5. The van der Waals surface area contributed by atoms with Crippen LogP contribution in [0.15, 0.2) is 27.5 Å². The van der Waals surface area contributed by atoms with E-state index in [1.165, 1.54) is 6.07 Å². The SMILES string of the molecule is Cc1ccc2c(c1)NC(CCC(=O)O)=NS2(=O)=O. The van der Waals surface area contributed by atoms with Gasteiger partial charge in [-0.2, -0.15) is 8.42 Å². The molecular weight excluding hydrogens is 256 g/mol. The summed E-state index contributed by atoms with van der Waals surface area (Å²) in [5.74, 6) is -0.831. The fourth-order valence-electron chi connectivity index (χ4n) is 1.67. The van der Waals surface area contributed by atoms with E-state index < -0.39 is 16.0 Å². The number of aryl methyl sites for hydroxylation is 1. The molecule has 6 nitrogen and oxygen atoms in total. The van der Waals surface area contributed by atoms with Crippen molar-refractivity contribution >= 4 is 27.5 Å². The second-order valence-electron chi connectivity index (χ2n) is 4.03. The lowest BCUT2D eigenvalue weighted by Crippen LogP contribution is -2.22. The molecule has 0 saturated carbocycles. The fraction of sp³-hybridized carbons (Fsp3) is 0.273. The smallest absolute Gasteiger partial charge is 0.303 e. The van der Waals surface area contributed by atoms with E-state index in [1.807, 2.05) is 6.92 Å². The van der Waals surface area contributed by atoms with Gasteiger partial charge >= 0.3 is 5.97 Å². The number of fused-ring (bicyclic) bond motifs is 1. The molecule has 0 atom stereocenters. The molecule has 2 rings (SSSR count). The number of sulfonamides is 1. The van der Waals surface area contributed by atoms with Crippen LogP contribution in [0, 0.1) is 6.92 Å². The number of amidine groups is 1. The Morgan fingerprint density at radius 3 is 2.83 bits per heavy atom. The second kappa shape index (κ2) is 4.41. The molecule has 0 saturated heterocycles. The summed E-state index contributed by atoms with van der Waals surface area (Å²) < 4.78 is 27.3. The number of rotatable bonds is 3. The molecule has 1 aromatic rings. The first-order chi connectivity index (χ1) is 8.38. The standard InChI is InChI=1S/C11H12N2O4S/c1-7-2-3-9-8(6-7)12-10(4-5-11(14)15)13-18(9,16)17/h2-3,6H,4-5H2,1H3,(H,12,13)(H,14,15). The summed E-state index contributed by atoms with van der Waals surface area (Å²) in [5, 5.41) is 11.4. The summed E-state index contributed by atoms with van der Waals surface area (Å²) in [6.45, 7) is 1.84. The monoisotopic (exact) mass is 268 g/mol. The number of hydrogen-bond acceptors (Lipinski definition) is 4. The normalized spacial score (nSPS) is 16.4. The van der Waals surface area contributed by atoms with Crippen molar-refractivity contribution in [2.75, 3.05) is 5.32 Å². The van der Waals surface area contributed by atoms with Crippen molar-refractivity contribution in [3.63, 3.8) is 0 Å². The molecule has 0 spiro atoms. The average Bonchev–Trinajstić information content (AvgIpc) is 2.24. The zero-order chi connectivity index (χ0) is 13.3. The molecule has 1 aliphatic heterocycles. The van der Waals surface area contributed by atoms with Crippen molar-refractivity contribution in [2.24, 2.45) is 4.40 Å². The summed E-state index contributed by atoms with van der Waals surface area (Å²) in [6.07, 6.45) is -0.107. The van der Waals surface area contributed by atoms with Crippen LogP contribution >= 0.6 is 0 Å². The third kappa shape index (κ3) is 2.51. The molecule has 2 N–H and O–H groups in total. The number of carbonyl (C=O) groups is 1. The maximum absolute atomic E-state index is 11.9. The molecule has 1 aromatic carbocycles. The Labute approximate surface area is 104 Å². The highest BCUT2D eigenvalue weighted by Crippen LogP contribution is 2.28. The number of anilines is 1. The van der Waals surface area contributed by atoms with Crippen molar-refractivity contribution in [1.29, 1.82) is 0 Å². The number of hydrogen-bond donors (Lipinski definition) is 2. The van der Waals surface area contributed by atoms with Gasteiger partial charge in [-0.3, -0.25) is 4.79 Å². The van der Waals surface area contributed by atoms with Crippen LogP contribution in [-0.4, -0.2) is 25.3 Å². The maximum Gasteiger partial charge on any atom is 0.303 e. The van der Waals surface area contributed by atoms with Gasteiger partial charge in [-0.15, -0.1) is 4.40 Å². The van der Waals surface area contributed by atoms with Crippen LogP contribution in [0.4, 0.5) is 5.69 Å². The van der Waals surface area contributed by atoms with E-state index in [0.29, 0.717) is 5.69 Å². The van der Waals surface area contributed by atoms with Crippen LogP contribution in [0.1, 0.15) is 18.4 Å². The van der Waals surface area contributed by atoms with Gasteiger partial charge < -0.3 is 10.4 Å². The zero-order valence-electron chi connectivity index (χ0n) is 9.67. The molecule has 0 aromatic heterocycles. The predicted molar refractivity (Wildman–Crippen MR) is 66.3 cm³/mol. The number of aliphatic carboxylic acids is 1. The van der Waals surface area contributed by atoms with Gasteiger partial charge in [0.15, 0.2) is 0 Å². The number of nitrogens with one attached hydrogen (secondary N) is 1. The largest absolute Gasteiger partial charge is 0.481 e. The van der Waals surface area contributed by atoms with Crippen LogP contribution in [0.3, 0.4) is 0 Å². The molecule has 1 aliphatic rings. The minimum Gasteiger partial charge on any atom is -0.481 e. The molecule has 0 bridgehead atoms. The van der Waals surface area contributed by atoms with E-state index in [0.717, 1.165) is 5.56 Å². The molecule has 0 aliphatic carbocycles. The Bertz CT molecular complexity index is 634. The first-order valence-electron chi connectivity index (χ1n) is 5.32. The minimum absolute atomic E-state index is 0.0575. The summed E-state index contributed by atoms with van der Waals surface area (Å²) >= 11 is 0. The van der Waals surface area contributed by atoms with Crippen molar-refractivity contribution in [3.8, 4) is 0 Å². The van der Waals surface area contributed by atoms with Gasteiger partial charge in [-0.05, 0) is 24.6 Å². The van der Waals surface area contributed by atoms with Crippen molar-refractivity contribution < 1.29 is 18.3 Å². The first-order valence-corrected chi connectivity index (χ1v) is 6.76. The van der Waals surface area contributed by atoms with E-state index in [-0.39, 0.29) is 23.6 Å².